The van der Waals surface area contributed by atoms with Crippen molar-refractivity contribution in [3.63, 3.8) is 0 Å². The highest BCUT2D eigenvalue weighted by Gasteiger charge is 2.12. The van der Waals surface area contributed by atoms with Gasteiger partial charge in [0.05, 0.1) is 16.8 Å². The molecule has 0 fully saturated rings. The van der Waals surface area contributed by atoms with E-state index in [9.17, 15) is 15.0 Å². The molecule has 1 heterocycles. The number of rotatable bonds is 2. The quantitative estimate of drug-likeness (QED) is 0.772. The van der Waals surface area contributed by atoms with Gasteiger partial charge in [-0.3, -0.25) is 0 Å². The molecule has 4 nitrogen and oxygen atoms in total. The number of carbonyl (C=O) groups is 1. The van der Waals surface area contributed by atoms with Gasteiger partial charge in [-0.05, 0) is 12.1 Å². The van der Waals surface area contributed by atoms with Gasteiger partial charge in [-0.25, -0.2) is 9.78 Å². The molecule has 0 aliphatic rings. The zero-order chi connectivity index (χ0) is 14.1. The van der Waals surface area contributed by atoms with Crippen molar-refractivity contribution >= 4 is 16.9 Å². The highest BCUT2D eigenvalue weighted by molar-refractivity contribution is 6.03. The van der Waals surface area contributed by atoms with Gasteiger partial charge in [0.2, 0.25) is 0 Å². The summed E-state index contributed by atoms with van der Waals surface area (Å²) in [5, 5.41) is 21.0. The maximum absolute atomic E-state index is 11.4. The van der Waals surface area contributed by atoms with Crippen LogP contribution in [-0.4, -0.2) is 16.1 Å². The Morgan fingerprint density at radius 1 is 1.05 bits per heavy atom. The van der Waals surface area contributed by atoms with Gasteiger partial charge < -0.3 is 10.2 Å². The third kappa shape index (κ3) is 2.07. The van der Waals surface area contributed by atoms with Crippen LogP contribution in [0.2, 0.25) is 0 Å². The van der Waals surface area contributed by atoms with Gasteiger partial charge >= 0.3 is 5.97 Å². The van der Waals surface area contributed by atoms with E-state index >= 15 is 0 Å². The Labute approximate surface area is 115 Å². The molecule has 1 N–H and O–H groups in total. The van der Waals surface area contributed by atoms with E-state index < -0.39 is 5.97 Å². The lowest BCUT2D eigenvalue weighted by Gasteiger charge is -2.09. The van der Waals surface area contributed by atoms with E-state index in [1.807, 2.05) is 6.07 Å². The first kappa shape index (κ1) is 12.2. The van der Waals surface area contributed by atoms with Gasteiger partial charge in [0.25, 0.3) is 0 Å². The maximum atomic E-state index is 11.4. The van der Waals surface area contributed by atoms with Gasteiger partial charge in [-0.1, -0.05) is 42.5 Å². The number of pyridine rings is 1. The molecule has 0 spiro atoms. The second-order valence-corrected chi connectivity index (χ2v) is 4.40. The zero-order valence-corrected chi connectivity index (χ0v) is 10.4. The van der Waals surface area contributed by atoms with E-state index in [1.54, 1.807) is 30.3 Å². The highest BCUT2D eigenvalue weighted by atomic mass is 16.4. The molecule has 0 atom stereocenters. The lowest BCUT2D eigenvalue weighted by Crippen LogP contribution is -2.00. The van der Waals surface area contributed by atoms with Crippen LogP contribution in [0.5, 0.6) is 5.75 Å². The molecular formula is C16H10NO3-. The van der Waals surface area contributed by atoms with Gasteiger partial charge in [0.15, 0.2) is 0 Å². The van der Waals surface area contributed by atoms with E-state index in [1.165, 1.54) is 18.2 Å². The molecule has 2 aromatic carbocycles. The Bertz CT molecular complexity index is 794. The lowest BCUT2D eigenvalue weighted by atomic mass is 10.0. The topological polar surface area (TPSA) is 73.2 Å². The van der Waals surface area contributed by atoms with Crippen LogP contribution in [0.1, 0.15) is 10.4 Å². The predicted molar refractivity (Wildman–Crippen MR) is 73.6 cm³/mol. The first-order valence-corrected chi connectivity index (χ1v) is 6.06. The summed E-state index contributed by atoms with van der Waals surface area (Å²) in [6.45, 7) is 0. The van der Waals surface area contributed by atoms with Crippen molar-refractivity contribution in [3.8, 4) is 17.0 Å². The molecule has 0 saturated heterocycles. The minimum absolute atomic E-state index is 0.0898. The smallest absolute Gasteiger partial charge is 0.336 e. The summed E-state index contributed by atoms with van der Waals surface area (Å²) in [5.41, 5.74) is 2.09. The van der Waals surface area contributed by atoms with E-state index in [0.717, 1.165) is 5.56 Å². The minimum Gasteiger partial charge on any atom is -0.872 e. The Morgan fingerprint density at radius 3 is 2.45 bits per heavy atom. The molecular weight excluding hydrogens is 254 g/mol. The van der Waals surface area contributed by atoms with Crippen LogP contribution in [0.15, 0.2) is 54.6 Å². The number of hydrogen-bond donors (Lipinski definition) is 1. The normalized spacial score (nSPS) is 10.6. The Morgan fingerprint density at radius 2 is 1.75 bits per heavy atom. The number of carboxylic acids is 1. The number of hydrogen-bond acceptors (Lipinski definition) is 3. The molecule has 0 bridgehead atoms. The summed E-state index contributed by atoms with van der Waals surface area (Å²) in [4.78, 5) is 15.8. The van der Waals surface area contributed by atoms with Crippen LogP contribution in [0, 0.1) is 0 Å². The standard InChI is InChI=1S/C16H11NO3/c18-11-7-5-10(6-8-11)15-9-13(16(19)20)12-3-1-2-4-14(12)17-15/h1-9,18H,(H,19,20)/p-1. The summed E-state index contributed by atoms with van der Waals surface area (Å²) in [5.74, 6) is -1.08. The first-order valence-electron chi connectivity index (χ1n) is 6.06. The van der Waals surface area contributed by atoms with Crippen LogP contribution >= 0.6 is 0 Å². The predicted octanol–water partition coefficient (Wildman–Crippen LogP) is 2.67. The third-order valence-corrected chi connectivity index (χ3v) is 3.10. The van der Waals surface area contributed by atoms with Crippen molar-refractivity contribution in [2.24, 2.45) is 0 Å². The van der Waals surface area contributed by atoms with Gasteiger partial charge in [-0.2, -0.15) is 0 Å². The number of carboxylic acid groups (broad SMARTS) is 1. The average Bonchev–Trinajstić information content (AvgIpc) is 2.46. The van der Waals surface area contributed by atoms with E-state index in [4.69, 9.17) is 0 Å². The monoisotopic (exact) mass is 264 g/mol. The summed E-state index contributed by atoms with van der Waals surface area (Å²) >= 11 is 0. The van der Waals surface area contributed by atoms with Crippen LogP contribution in [0.3, 0.4) is 0 Å². The second kappa shape index (κ2) is 4.66. The number of aromatic nitrogens is 1. The molecule has 98 valence electrons. The van der Waals surface area contributed by atoms with Crippen molar-refractivity contribution in [3.05, 3.63) is 60.2 Å². The van der Waals surface area contributed by atoms with Crippen LogP contribution < -0.4 is 5.11 Å². The molecule has 0 radical (unpaired) electrons. The molecule has 0 aliphatic heterocycles. The van der Waals surface area contributed by atoms with Crippen molar-refractivity contribution in [2.45, 2.75) is 0 Å². The fourth-order valence-corrected chi connectivity index (χ4v) is 2.13. The lowest BCUT2D eigenvalue weighted by molar-refractivity contribution is -0.268. The molecule has 4 heteroatoms. The molecule has 3 aromatic rings. The van der Waals surface area contributed by atoms with Crippen molar-refractivity contribution in [1.29, 1.82) is 0 Å². The minimum atomic E-state index is -0.995. The molecule has 0 unspecified atom stereocenters. The number of fused-ring (bicyclic) bond motifs is 1. The van der Waals surface area contributed by atoms with E-state index in [2.05, 4.69) is 4.98 Å². The largest absolute Gasteiger partial charge is 0.872 e. The Balaban J connectivity index is 2.27. The molecule has 20 heavy (non-hydrogen) atoms. The summed E-state index contributed by atoms with van der Waals surface area (Å²) in [6, 6.07) is 14.8. The van der Waals surface area contributed by atoms with Crippen molar-refractivity contribution < 1.29 is 15.0 Å². The molecule has 0 aliphatic carbocycles. The highest BCUT2D eigenvalue weighted by Crippen LogP contribution is 2.25. The Kier molecular flexibility index (Phi) is 2.84. The second-order valence-electron chi connectivity index (χ2n) is 4.40. The SMILES string of the molecule is O=C(O)c1cc(-c2ccc([O-])cc2)nc2ccccc12. The number of nitrogens with zero attached hydrogens (tertiary/aromatic N) is 1. The summed E-state index contributed by atoms with van der Waals surface area (Å²) in [7, 11) is 0. The first-order chi connectivity index (χ1) is 9.65. The average molecular weight is 264 g/mol. The fourth-order valence-electron chi connectivity index (χ4n) is 2.13. The van der Waals surface area contributed by atoms with Crippen LogP contribution in [0.4, 0.5) is 0 Å². The van der Waals surface area contributed by atoms with E-state index in [0.29, 0.717) is 16.6 Å². The summed E-state index contributed by atoms with van der Waals surface area (Å²) in [6.07, 6.45) is 0. The molecule has 1 aromatic heterocycles. The third-order valence-electron chi connectivity index (χ3n) is 3.10. The number of benzene rings is 2. The number of para-hydroxylation sites is 1. The van der Waals surface area contributed by atoms with Gasteiger partial charge in [0, 0.05) is 10.9 Å². The number of aromatic carboxylic acids is 1. The molecule has 3 rings (SSSR count). The zero-order valence-electron chi connectivity index (χ0n) is 10.4. The molecule has 0 amide bonds. The molecule has 0 saturated carbocycles. The van der Waals surface area contributed by atoms with E-state index in [-0.39, 0.29) is 11.3 Å². The van der Waals surface area contributed by atoms with Gasteiger partial charge in [-0.15, -0.1) is 5.75 Å². The van der Waals surface area contributed by atoms with Crippen LogP contribution in [0.25, 0.3) is 22.2 Å². The maximum Gasteiger partial charge on any atom is 0.336 e. The summed E-state index contributed by atoms with van der Waals surface area (Å²) < 4.78 is 0. The fraction of sp³-hybridized carbons (Fsp3) is 0. The van der Waals surface area contributed by atoms with Crippen LogP contribution in [-0.2, 0) is 0 Å². The Hall–Kier alpha value is -2.88. The van der Waals surface area contributed by atoms with Gasteiger partial charge in [0.1, 0.15) is 0 Å². The van der Waals surface area contributed by atoms with Crippen molar-refractivity contribution in [2.75, 3.05) is 0 Å². The van der Waals surface area contributed by atoms with Crippen molar-refractivity contribution in [1.82, 2.24) is 4.98 Å².